The summed E-state index contributed by atoms with van der Waals surface area (Å²) in [6.45, 7) is 7.02. The average molecular weight is 404 g/mol. The van der Waals surface area contributed by atoms with E-state index in [0.717, 1.165) is 10.4 Å². The summed E-state index contributed by atoms with van der Waals surface area (Å²) in [7, 11) is -4.25. The van der Waals surface area contributed by atoms with E-state index in [1.807, 2.05) is 0 Å². The van der Waals surface area contributed by atoms with Crippen LogP contribution in [0.15, 0.2) is 60.0 Å². The zero-order valence-corrected chi connectivity index (χ0v) is 16.3. The van der Waals surface area contributed by atoms with E-state index >= 15 is 0 Å². The summed E-state index contributed by atoms with van der Waals surface area (Å²) in [5.41, 5.74) is 0.544. The first-order valence-electron chi connectivity index (χ1n) is 8.38. The highest BCUT2D eigenvalue weighted by atomic mass is 32.2. The SMILES string of the molecule is C=CCN(c1ccc(C(=O)OCC)cc1C)S(=O)(=O)c1ccccc1[N+](=O)[O-]. The number of ether oxygens (including phenoxy) is 1. The molecule has 2 aromatic rings. The minimum absolute atomic E-state index is 0.103. The molecular formula is C19H20N2O6S. The third-order valence-electron chi connectivity index (χ3n) is 3.90. The first-order chi connectivity index (χ1) is 13.2. The van der Waals surface area contributed by atoms with E-state index in [9.17, 15) is 23.3 Å². The van der Waals surface area contributed by atoms with Crippen LogP contribution in [0.4, 0.5) is 11.4 Å². The lowest BCUT2D eigenvalue weighted by molar-refractivity contribution is -0.387. The summed E-state index contributed by atoms with van der Waals surface area (Å²) in [5.74, 6) is -0.519. The standard InChI is InChI=1S/C19H20N2O6S/c1-4-12-20(16-11-10-15(13-14(16)3)19(22)27-5-2)28(25,26)18-9-7-6-8-17(18)21(23)24/h4,6-11,13H,1,5,12H2,2-3H3. The fraction of sp³-hybridized carbons (Fsp3) is 0.211. The Morgan fingerprint density at radius 3 is 2.54 bits per heavy atom. The van der Waals surface area contributed by atoms with Crippen molar-refractivity contribution in [2.24, 2.45) is 0 Å². The highest BCUT2D eigenvalue weighted by Crippen LogP contribution is 2.31. The fourth-order valence-electron chi connectivity index (χ4n) is 2.66. The molecule has 2 aromatic carbocycles. The van der Waals surface area contributed by atoms with E-state index in [-0.39, 0.29) is 24.4 Å². The third kappa shape index (κ3) is 4.20. The summed E-state index contributed by atoms with van der Waals surface area (Å²) in [6, 6.07) is 9.57. The Morgan fingerprint density at radius 1 is 1.29 bits per heavy atom. The van der Waals surface area contributed by atoms with Crippen LogP contribution < -0.4 is 4.31 Å². The predicted molar refractivity (Wildman–Crippen MR) is 105 cm³/mol. The van der Waals surface area contributed by atoms with Crippen molar-refractivity contribution < 1.29 is 22.9 Å². The van der Waals surface area contributed by atoms with Gasteiger partial charge in [-0.25, -0.2) is 13.2 Å². The van der Waals surface area contributed by atoms with Crippen LogP contribution in [-0.4, -0.2) is 32.5 Å². The second-order valence-electron chi connectivity index (χ2n) is 5.77. The highest BCUT2D eigenvalue weighted by Gasteiger charge is 2.32. The van der Waals surface area contributed by atoms with Crippen molar-refractivity contribution in [2.45, 2.75) is 18.7 Å². The van der Waals surface area contributed by atoms with Gasteiger partial charge in [0.1, 0.15) is 0 Å². The molecule has 0 aromatic heterocycles. The monoisotopic (exact) mass is 404 g/mol. The van der Waals surface area contributed by atoms with E-state index in [1.165, 1.54) is 42.5 Å². The Hall–Kier alpha value is -3.20. The Balaban J connectivity index is 2.58. The number of hydrogen-bond acceptors (Lipinski definition) is 6. The molecule has 28 heavy (non-hydrogen) atoms. The quantitative estimate of drug-likeness (QED) is 0.289. The number of nitro groups is 1. The lowest BCUT2D eigenvalue weighted by Gasteiger charge is -2.25. The van der Waals surface area contributed by atoms with Gasteiger partial charge in [0.25, 0.3) is 15.7 Å². The first-order valence-corrected chi connectivity index (χ1v) is 9.82. The number of nitrogens with zero attached hydrogens (tertiary/aromatic N) is 2. The molecule has 8 nitrogen and oxygen atoms in total. The summed E-state index contributed by atoms with van der Waals surface area (Å²) in [4.78, 5) is 22.0. The van der Waals surface area contributed by atoms with Gasteiger partial charge in [-0.15, -0.1) is 6.58 Å². The predicted octanol–water partition coefficient (Wildman–Crippen LogP) is 3.46. The zero-order valence-electron chi connectivity index (χ0n) is 15.5. The van der Waals surface area contributed by atoms with Crippen molar-refractivity contribution in [3.63, 3.8) is 0 Å². The molecule has 0 aliphatic carbocycles. The van der Waals surface area contributed by atoms with Crippen LogP contribution >= 0.6 is 0 Å². The average Bonchev–Trinajstić information content (AvgIpc) is 2.66. The Labute approximate surface area is 163 Å². The van der Waals surface area contributed by atoms with Crippen molar-refractivity contribution >= 4 is 27.4 Å². The fourth-order valence-corrected chi connectivity index (χ4v) is 4.33. The second kappa shape index (κ2) is 8.66. The number of carbonyl (C=O) groups is 1. The van der Waals surface area contributed by atoms with E-state index in [0.29, 0.717) is 5.56 Å². The maximum atomic E-state index is 13.2. The summed E-state index contributed by atoms with van der Waals surface area (Å²) in [5, 5.41) is 11.3. The molecule has 0 aliphatic heterocycles. The Kier molecular flexibility index (Phi) is 6.53. The minimum atomic E-state index is -4.25. The molecule has 0 fully saturated rings. The molecule has 0 heterocycles. The normalized spacial score (nSPS) is 10.9. The van der Waals surface area contributed by atoms with Gasteiger partial charge in [-0.2, -0.15) is 0 Å². The summed E-state index contributed by atoms with van der Waals surface area (Å²) >= 11 is 0. The van der Waals surface area contributed by atoms with Crippen LogP contribution in [0.5, 0.6) is 0 Å². The number of carbonyl (C=O) groups excluding carboxylic acids is 1. The van der Waals surface area contributed by atoms with E-state index < -0.39 is 31.5 Å². The number of nitro benzene ring substituents is 1. The van der Waals surface area contributed by atoms with Gasteiger partial charge in [0.05, 0.1) is 29.3 Å². The molecule has 9 heteroatoms. The maximum Gasteiger partial charge on any atom is 0.338 e. The van der Waals surface area contributed by atoms with Crippen molar-refractivity contribution in [1.29, 1.82) is 0 Å². The molecule has 0 radical (unpaired) electrons. The second-order valence-corrected chi connectivity index (χ2v) is 7.60. The number of para-hydroxylation sites is 1. The minimum Gasteiger partial charge on any atom is -0.462 e. The van der Waals surface area contributed by atoms with E-state index in [1.54, 1.807) is 13.8 Å². The Morgan fingerprint density at radius 2 is 1.96 bits per heavy atom. The molecule has 0 saturated heterocycles. The topological polar surface area (TPSA) is 107 Å². The molecule has 0 N–H and O–H groups in total. The molecule has 0 amide bonds. The van der Waals surface area contributed by atoms with Gasteiger partial charge in [0, 0.05) is 6.07 Å². The Bertz CT molecular complexity index is 1020. The molecular weight excluding hydrogens is 384 g/mol. The molecule has 2 rings (SSSR count). The summed E-state index contributed by atoms with van der Waals surface area (Å²) < 4.78 is 32.4. The molecule has 0 aliphatic rings. The van der Waals surface area contributed by atoms with Crippen molar-refractivity contribution in [3.8, 4) is 0 Å². The molecule has 0 saturated carbocycles. The number of rotatable bonds is 8. The van der Waals surface area contributed by atoms with Gasteiger partial charge >= 0.3 is 5.97 Å². The van der Waals surface area contributed by atoms with Gasteiger partial charge in [-0.3, -0.25) is 14.4 Å². The van der Waals surface area contributed by atoms with Crippen LogP contribution in [0.1, 0.15) is 22.8 Å². The summed E-state index contributed by atoms with van der Waals surface area (Å²) in [6.07, 6.45) is 1.38. The van der Waals surface area contributed by atoms with Crippen LogP contribution in [0.25, 0.3) is 0 Å². The molecule has 0 spiro atoms. The van der Waals surface area contributed by atoms with Crippen LogP contribution in [-0.2, 0) is 14.8 Å². The molecule has 0 bridgehead atoms. The lowest BCUT2D eigenvalue weighted by Crippen LogP contribution is -2.32. The molecule has 148 valence electrons. The number of hydrogen-bond donors (Lipinski definition) is 0. The smallest absolute Gasteiger partial charge is 0.338 e. The van der Waals surface area contributed by atoms with Crippen molar-refractivity contribution in [1.82, 2.24) is 0 Å². The van der Waals surface area contributed by atoms with Crippen molar-refractivity contribution in [3.05, 3.63) is 76.4 Å². The molecule has 0 unspecified atom stereocenters. The van der Waals surface area contributed by atoms with E-state index in [4.69, 9.17) is 4.74 Å². The number of sulfonamides is 1. The van der Waals surface area contributed by atoms with Gasteiger partial charge in [-0.1, -0.05) is 18.2 Å². The highest BCUT2D eigenvalue weighted by molar-refractivity contribution is 7.93. The number of benzene rings is 2. The lowest BCUT2D eigenvalue weighted by atomic mass is 10.1. The van der Waals surface area contributed by atoms with Crippen LogP contribution in [0.3, 0.4) is 0 Å². The van der Waals surface area contributed by atoms with Gasteiger partial charge in [0.15, 0.2) is 4.90 Å². The number of esters is 1. The first kappa shape index (κ1) is 21.1. The van der Waals surface area contributed by atoms with E-state index in [2.05, 4.69) is 6.58 Å². The largest absolute Gasteiger partial charge is 0.462 e. The van der Waals surface area contributed by atoms with Crippen LogP contribution in [0.2, 0.25) is 0 Å². The van der Waals surface area contributed by atoms with Gasteiger partial charge in [-0.05, 0) is 43.7 Å². The maximum absolute atomic E-state index is 13.2. The van der Waals surface area contributed by atoms with Crippen molar-refractivity contribution in [2.75, 3.05) is 17.5 Å². The number of anilines is 1. The van der Waals surface area contributed by atoms with Gasteiger partial charge < -0.3 is 4.74 Å². The van der Waals surface area contributed by atoms with Gasteiger partial charge in [0.2, 0.25) is 0 Å². The molecule has 0 atom stereocenters. The number of aryl methyl sites for hydroxylation is 1. The van der Waals surface area contributed by atoms with Crippen LogP contribution in [0, 0.1) is 17.0 Å². The zero-order chi connectivity index (χ0) is 20.9. The third-order valence-corrected chi connectivity index (χ3v) is 5.73.